The lowest BCUT2D eigenvalue weighted by Crippen LogP contribution is -2.34. The first kappa shape index (κ1) is 13.1. The second-order valence-corrected chi connectivity index (χ2v) is 3.49. The molecule has 0 bridgehead atoms. The van der Waals surface area contributed by atoms with Crippen LogP contribution >= 0.6 is 0 Å². The van der Waals surface area contributed by atoms with Crippen LogP contribution in [-0.4, -0.2) is 38.9 Å². The van der Waals surface area contributed by atoms with Gasteiger partial charge < -0.3 is 10.6 Å². The van der Waals surface area contributed by atoms with E-state index in [1.54, 1.807) is 11.1 Å². The van der Waals surface area contributed by atoms with E-state index in [9.17, 15) is 4.79 Å². The second kappa shape index (κ2) is 6.60. The van der Waals surface area contributed by atoms with Gasteiger partial charge in [0.15, 0.2) is 0 Å². The molecule has 0 fully saturated rings. The van der Waals surface area contributed by atoms with Gasteiger partial charge in [0.05, 0.1) is 24.4 Å². The van der Waals surface area contributed by atoms with Crippen LogP contribution in [0.25, 0.3) is 0 Å². The minimum atomic E-state index is -0.0729. The van der Waals surface area contributed by atoms with Crippen molar-refractivity contribution in [3.05, 3.63) is 11.9 Å². The maximum Gasteiger partial charge on any atom is 0.244 e. The third kappa shape index (κ3) is 3.85. The van der Waals surface area contributed by atoms with Crippen LogP contribution in [0, 0.1) is 11.3 Å². The van der Waals surface area contributed by atoms with E-state index < -0.39 is 0 Å². The third-order valence-electron chi connectivity index (χ3n) is 2.32. The second-order valence-electron chi connectivity index (χ2n) is 3.49. The van der Waals surface area contributed by atoms with Gasteiger partial charge in [-0.3, -0.25) is 4.79 Å². The third-order valence-corrected chi connectivity index (χ3v) is 2.32. The van der Waals surface area contributed by atoms with Crippen molar-refractivity contribution in [1.29, 1.82) is 5.26 Å². The van der Waals surface area contributed by atoms with Crippen molar-refractivity contribution in [3.63, 3.8) is 0 Å². The summed E-state index contributed by atoms with van der Waals surface area (Å²) in [5.74, 6) is -0.0729. The minimum absolute atomic E-state index is 0.0729. The summed E-state index contributed by atoms with van der Waals surface area (Å²) in [7, 11) is 0. The topological polar surface area (TPSA) is 101 Å². The summed E-state index contributed by atoms with van der Waals surface area (Å²) in [6, 6.07) is 2.02. The zero-order valence-corrected chi connectivity index (χ0v) is 9.83. The molecule has 1 heterocycles. The lowest BCUT2D eigenvalue weighted by Gasteiger charge is -2.18. The molecule has 2 N–H and O–H groups in total. The summed E-state index contributed by atoms with van der Waals surface area (Å²) < 4.78 is 1.46. The van der Waals surface area contributed by atoms with E-state index in [1.165, 1.54) is 4.68 Å². The van der Waals surface area contributed by atoms with Crippen LogP contribution in [-0.2, 0) is 17.9 Å². The van der Waals surface area contributed by atoms with Crippen LogP contribution in [0.1, 0.15) is 19.0 Å². The summed E-state index contributed by atoms with van der Waals surface area (Å²) >= 11 is 0. The van der Waals surface area contributed by atoms with E-state index in [0.29, 0.717) is 31.7 Å². The average molecular weight is 236 g/mol. The lowest BCUT2D eigenvalue weighted by atomic mass is 10.4. The van der Waals surface area contributed by atoms with E-state index in [1.807, 2.05) is 13.0 Å². The molecule has 92 valence electrons. The van der Waals surface area contributed by atoms with Crippen LogP contribution in [0.15, 0.2) is 6.20 Å². The Morgan fingerprint density at radius 1 is 1.71 bits per heavy atom. The molecule has 1 amide bonds. The van der Waals surface area contributed by atoms with E-state index in [0.717, 1.165) is 0 Å². The Balaban J connectivity index is 2.54. The number of nitrogens with two attached hydrogens (primary N) is 1. The van der Waals surface area contributed by atoms with Gasteiger partial charge in [0, 0.05) is 19.6 Å². The monoisotopic (exact) mass is 236 g/mol. The van der Waals surface area contributed by atoms with Crippen molar-refractivity contribution in [1.82, 2.24) is 19.9 Å². The fraction of sp³-hybridized carbons (Fsp3) is 0.600. The molecule has 0 unspecified atom stereocenters. The van der Waals surface area contributed by atoms with Crippen molar-refractivity contribution in [3.8, 4) is 6.07 Å². The first-order chi connectivity index (χ1) is 8.21. The highest BCUT2D eigenvalue weighted by Crippen LogP contribution is 1.97. The first-order valence-corrected chi connectivity index (χ1v) is 5.45. The van der Waals surface area contributed by atoms with Crippen molar-refractivity contribution in [2.45, 2.75) is 26.4 Å². The van der Waals surface area contributed by atoms with Crippen molar-refractivity contribution >= 4 is 5.91 Å². The molecule has 0 atom stereocenters. The number of carbonyl (C=O) groups is 1. The SMILES string of the molecule is CCN(CCC#N)C(=O)Cn1cc(CN)nn1. The summed E-state index contributed by atoms with van der Waals surface area (Å²) in [6.07, 6.45) is 1.99. The summed E-state index contributed by atoms with van der Waals surface area (Å²) in [4.78, 5) is 13.5. The van der Waals surface area contributed by atoms with Crippen LogP contribution in [0.4, 0.5) is 0 Å². The number of likely N-dealkylation sites (N-methyl/N-ethyl adjacent to an activating group) is 1. The van der Waals surface area contributed by atoms with Gasteiger partial charge in [0.25, 0.3) is 0 Å². The lowest BCUT2D eigenvalue weighted by molar-refractivity contribution is -0.131. The summed E-state index contributed by atoms with van der Waals surface area (Å²) in [6.45, 7) is 3.34. The van der Waals surface area contributed by atoms with E-state index in [2.05, 4.69) is 10.3 Å². The molecule has 17 heavy (non-hydrogen) atoms. The van der Waals surface area contributed by atoms with Gasteiger partial charge in [0.2, 0.25) is 5.91 Å². The van der Waals surface area contributed by atoms with Crippen LogP contribution < -0.4 is 5.73 Å². The number of hydrogen-bond acceptors (Lipinski definition) is 5. The number of amides is 1. The van der Waals surface area contributed by atoms with Gasteiger partial charge in [-0.25, -0.2) is 4.68 Å². The zero-order valence-electron chi connectivity index (χ0n) is 9.83. The molecule has 7 nitrogen and oxygen atoms in total. The number of hydrogen-bond donors (Lipinski definition) is 1. The van der Waals surface area contributed by atoms with Gasteiger partial charge in [-0.15, -0.1) is 5.10 Å². The van der Waals surface area contributed by atoms with Gasteiger partial charge in [-0.05, 0) is 6.92 Å². The van der Waals surface area contributed by atoms with Crippen molar-refractivity contribution in [2.24, 2.45) is 5.73 Å². The molecular formula is C10H16N6O. The molecule has 0 aliphatic heterocycles. The van der Waals surface area contributed by atoms with E-state index in [-0.39, 0.29) is 12.5 Å². The van der Waals surface area contributed by atoms with Crippen molar-refractivity contribution in [2.75, 3.05) is 13.1 Å². The Labute approximate surface area is 99.8 Å². The Kier molecular flexibility index (Phi) is 5.10. The number of nitriles is 1. The Morgan fingerprint density at radius 3 is 3.00 bits per heavy atom. The molecular weight excluding hydrogens is 220 g/mol. The van der Waals surface area contributed by atoms with Crippen LogP contribution in [0.2, 0.25) is 0 Å². The van der Waals surface area contributed by atoms with Crippen LogP contribution in [0.3, 0.4) is 0 Å². The van der Waals surface area contributed by atoms with Gasteiger partial charge in [-0.2, -0.15) is 5.26 Å². The molecule has 0 aromatic carbocycles. The molecule has 7 heteroatoms. The molecule has 0 radical (unpaired) electrons. The maximum absolute atomic E-state index is 11.8. The molecule has 1 rings (SSSR count). The van der Waals surface area contributed by atoms with E-state index in [4.69, 9.17) is 11.0 Å². The largest absolute Gasteiger partial charge is 0.340 e. The quantitative estimate of drug-likeness (QED) is 0.717. The maximum atomic E-state index is 11.8. The highest BCUT2D eigenvalue weighted by atomic mass is 16.2. The molecule has 1 aromatic heterocycles. The van der Waals surface area contributed by atoms with E-state index >= 15 is 0 Å². The number of rotatable bonds is 6. The normalized spacial score (nSPS) is 9.94. The first-order valence-electron chi connectivity index (χ1n) is 5.45. The van der Waals surface area contributed by atoms with Crippen molar-refractivity contribution < 1.29 is 4.79 Å². The van der Waals surface area contributed by atoms with Gasteiger partial charge >= 0.3 is 0 Å². The molecule has 0 aliphatic carbocycles. The fourth-order valence-electron chi connectivity index (χ4n) is 1.39. The highest BCUT2D eigenvalue weighted by Gasteiger charge is 2.12. The Hall–Kier alpha value is -1.94. The van der Waals surface area contributed by atoms with Crippen LogP contribution in [0.5, 0.6) is 0 Å². The predicted octanol–water partition coefficient (Wildman–Crippen LogP) is -0.501. The number of carbonyl (C=O) groups excluding carboxylic acids is 1. The minimum Gasteiger partial charge on any atom is -0.340 e. The molecule has 0 saturated carbocycles. The number of aromatic nitrogens is 3. The molecule has 0 aliphatic rings. The smallest absolute Gasteiger partial charge is 0.244 e. The highest BCUT2D eigenvalue weighted by molar-refractivity contribution is 5.75. The van der Waals surface area contributed by atoms with Gasteiger partial charge in [0.1, 0.15) is 6.54 Å². The van der Waals surface area contributed by atoms with Gasteiger partial charge in [-0.1, -0.05) is 5.21 Å². The summed E-state index contributed by atoms with van der Waals surface area (Å²) in [5, 5.41) is 16.1. The Morgan fingerprint density at radius 2 is 2.47 bits per heavy atom. The molecule has 0 spiro atoms. The average Bonchev–Trinajstić information content (AvgIpc) is 2.77. The molecule has 1 aromatic rings. The zero-order chi connectivity index (χ0) is 12.7. The Bertz CT molecular complexity index is 407. The summed E-state index contributed by atoms with van der Waals surface area (Å²) in [5.41, 5.74) is 6.05. The fourth-order valence-corrected chi connectivity index (χ4v) is 1.39. The number of nitrogens with zero attached hydrogens (tertiary/aromatic N) is 5. The predicted molar refractivity (Wildman–Crippen MR) is 60.4 cm³/mol. The standard InChI is InChI=1S/C10H16N6O/c1-2-15(5-3-4-11)10(17)8-16-7-9(6-12)13-14-16/h7H,2-3,5-6,8,12H2,1H3. The molecule has 0 saturated heterocycles.